The van der Waals surface area contributed by atoms with Crippen LogP contribution in [0.5, 0.6) is 0 Å². The molecule has 5 nitrogen and oxygen atoms in total. The van der Waals surface area contributed by atoms with Gasteiger partial charge in [0.05, 0.1) is 29.1 Å². The molecule has 1 aliphatic heterocycles. The van der Waals surface area contributed by atoms with Gasteiger partial charge < -0.3 is 20.3 Å². The second-order valence-electron chi connectivity index (χ2n) is 8.06. The standard InChI is InChI=1S/C23H29N3O2/c1-17-15-26(16-18(2)28-17)21-12-7-6-11-20(21)24-22(27)25-23(13-8-14-23)19-9-4-3-5-10-19/h3-7,9-12,17-18H,8,13-16H2,1-2H3,(H2,24,25,27)/t17-,18-/m1/s1. The molecule has 2 atom stereocenters. The summed E-state index contributed by atoms with van der Waals surface area (Å²) < 4.78 is 5.85. The summed E-state index contributed by atoms with van der Waals surface area (Å²) in [5.41, 5.74) is 2.81. The molecule has 2 amide bonds. The van der Waals surface area contributed by atoms with Crippen LogP contribution < -0.4 is 15.5 Å². The Morgan fingerprint density at radius 2 is 1.64 bits per heavy atom. The number of rotatable bonds is 4. The van der Waals surface area contributed by atoms with Crippen LogP contribution in [0.4, 0.5) is 16.2 Å². The van der Waals surface area contributed by atoms with E-state index in [-0.39, 0.29) is 23.8 Å². The van der Waals surface area contributed by atoms with Crippen LogP contribution in [0.25, 0.3) is 0 Å². The summed E-state index contributed by atoms with van der Waals surface area (Å²) >= 11 is 0. The van der Waals surface area contributed by atoms with Crippen molar-refractivity contribution in [3.63, 3.8) is 0 Å². The van der Waals surface area contributed by atoms with E-state index in [4.69, 9.17) is 4.74 Å². The molecule has 0 unspecified atom stereocenters. The van der Waals surface area contributed by atoms with E-state index in [2.05, 4.69) is 47.6 Å². The number of morpholine rings is 1. The zero-order chi connectivity index (χ0) is 19.6. The van der Waals surface area contributed by atoms with Gasteiger partial charge in [-0.05, 0) is 50.8 Å². The summed E-state index contributed by atoms with van der Waals surface area (Å²) in [6.07, 6.45) is 3.42. The zero-order valence-corrected chi connectivity index (χ0v) is 16.7. The number of nitrogens with zero attached hydrogens (tertiary/aromatic N) is 1. The fourth-order valence-corrected chi connectivity index (χ4v) is 4.37. The average molecular weight is 380 g/mol. The van der Waals surface area contributed by atoms with E-state index in [1.807, 2.05) is 36.4 Å². The molecular weight excluding hydrogens is 350 g/mol. The van der Waals surface area contributed by atoms with E-state index < -0.39 is 0 Å². The van der Waals surface area contributed by atoms with Crippen molar-refractivity contribution in [2.45, 2.75) is 50.9 Å². The third kappa shape index (κ3) is 3.85. The molecule has 2 N–H and O–H groups in total. The maximum atomic E-state index is 12.9. The summed E-state index contributed by atoms with van der Waals surface area (Å²) in [7, 11) is 0. The molecule has 0 spiro atoms. The van der Waals surface area contributed by atoms with Crippen molar-refractivity contribution in [1.29, 1.82) is 0 Å². The van der Waals surface area contributed by atoms with Gasteiger partial charge in [0.15, 0.2) is 0 Å². The average Bonchev–Trinajstić information content (AvgIpc) is 2.65. The van der Waals surface area contributed by atoms with Crippen molar-refractivity contribution < 1.29 is 9.53 Å². The number of para-hydroxylation sites is 2. The van der Waals surface area contributed by atoms with Gasteiger partial charge in [-0.3, -0.25) is 0 Å². The minimum absolute atomic E-state index is 0.148. The fourth-order valence-electron chi connectivity index (χ4n) is 4.37. The molecule has 4 rings (SSSR count). The van der Waals surface area contributed by atoms with Gasteiger partial charge in [0.25, 0.3) is 0 Å². The highest BCUT2D eigenvalue weighted by molar-refractivity contribution is 5.93. The monoisotopic (exact) mass is 379 g/mol. The Kier molecular flexibility index (Phi) is 5.27. The number of carbonyl (C=O) groups excluding carboxylic acids is 1. The molecule has 1 saturated heterocycles. The molecule has 148 valence electrons. The Balaban J connectivity index is 1.49. The van der Waals surface area contributed by atoms with Crippen LogP contribution in [-0.4, -0.2) is 31.3 Å². The van der Waals surface area contributed by atoms with Crippen LogP contribution in [0.2, 0.25) is 0 Å². The Hall–Kier alpha value is -2.53. The number of amides is 2. The molecule has 2 fully saturated rings. The molecule has 2 aromatic rings. The Morgan fingerprint density at radius 3 is 2.29 bits per heavy atom. The van der Waals surface area contributed by atoms with Crippen molar-refractivity contribution in [2.75, 3.05) is 23.3 Å². The first kappa shape index (κ1) is 18.8. The summed E-state index contributed by atoms with van der Waals surface area (Å²) in [6.45, 7) is 5.81. The predicted octanol–water partition coefficient (Wildman–Crippen LogP) is 4.50. The summed E-state index contributed by atoms with van der Waals surface area (Å²) in [5.74, 6) is 0. The minimum atomic E-state index is -0.248. The smallest absolute Gasteiger partial charge is 0.319 e. The summed E-state index contributed by atoms with van der Waals surface area (Å²) in [6, 6.07) is 18.1. The first-order chi connectivity index (χ1) is 13.6. The Morgan fingerprint density at radius 1 is 1.00 bits per heavy atom. The third-order valence-corrected chi connectivity index (χ3v) is 5.80. The molecule has 1 saturated carbocycles. The molecule has 5 heteroatoms. The minimum Gasteiger partial charge on any atom is -0.372 e. The summed E-state index contributed by atoms with van der Waals surface area (Å²) in [5, 5.41) is 6.35. The van der Waals surface area contributed by atoms with Gasteiger partial charge in [-0.15, -0.1) is 0 Å². The van der Waals surface area contributed by atoms with E-state index in [0.717, 1.165) is 43.7 Å². The van der Waals surface area contributed by atoms with E-state index in [1.165, 1.54) is 5.56 Å². The molecule has 1 aliphatic carbocycles. The molecule has 0 aromatic heterocycles. The van der Waals surface area contributed by atoms with Crippen LogP contribution in [0.3, 0.4) is 0 Å². The van der Waals surface area contributed by atoms with Gasteiger partial charge in [0, 0.05) is 13.1 Å². The van der Waals surface area contributed by atoms with Crippen molar-refractivity contribution in [3.05, 3.63) is 60.2 Å². The lowest BCUT2D eigenvalue weighted by molar-refractivity contribution is -0.00517. The lowest BCUT2D eigenvalue weighted by Gasteiger charge is -2.43. The largest absolute Gasteiger partial charge is 0.372 e. The highest BCUT2D eigenvalue weighted by atomic mass is 16.5. The van der Waals surface area contributed by atoms with Gasteiger partial charge in [-0.1, -0.05) is 42.5 Å². The third-order valence-electron chi connectivity index (χ3n) is 5.80. The van der Waals surface area contributed by atoms with Crippen LogP contribution in [0.15, 0.2) is 54.6 Å². The number of nitrogens with one attached hydrogen (secondary N) is 2. The zero-order valence-electron chi connectivity index (χ0n) is 16.7. The van der Waals surface area contributed by atoms with Gasteiger partial charge >= 0.3 is 6.03 Å². The van der Waals surface area contributed by atoms with Gasteiger partial charge in [-0.2, -0.15) is 0 Å². The highest BCUT2D eigenvalue weighted by Gasteiger charge is 2.40. The summed E-state index contributed by atoms with van der Waals surface area (Å²) in [4.78, 5) is 15.2. The van der Waals surface area contributed by atoms with Crippen molar-refractivity contribution in [3.8, 4) is 0 Å². The molecular formula is C23H29N3O2. The van der Waals surface area contributed by atoms with Gasteiger partial charge in [0.2, 0.25) is 0 Å². The number of benzene rings is 2. The van der Waals surface area contributed by atoms with Gasteiger partial charge in [-0.25, -0.2) is 4.79 Å². The van der Waals surface area contributed by atoms with Crippen LogP contribution in [0.1, 0.15) is 38.7 Å². The Labute approximate surface area is 167 Å². The van der Waals surface area contributed by atoms with E-state index in [9.17, 15) is 4.79 Å². The molecule has 2 aromatic carbocycles. The lowest BCUT2D eigenvalue weighted by atomic mass is 9.72. The van der Waals surface area contributed by atoms with Crippen molar-refractivity contribution in [1.82, 2.24) is 5.32 Å². The topological polar surface area (TPSA) is 53.6 Å². The SMILES string of the molecule is C[C@@H]1CN(c2ccccc2NC(=O)NC2(c3ccccc3)CCC2)C[C@@H](C)O1. The van der Waals surface area contributed by atoms with E-state index in [1.54, 1.807) is 0 Å². The van der Waals surface area contributed by atoms with Crippen molar-refractivity contribution in [2.24, 2.45) is 0 Å². The number of hydrogen-bond donors (Lipinski definition) is 2. The number of hydrogen-bond acceptors (Lipinski definition) is 3. The number of urea groups is 1. The first-order valence-electron chi connectivity index (χ1n) is 10.2. The molecule has 0 bridgehead atoms. The van der Waals surface area contributed by atoms with Crippen LogP contribution >= 0.6 is 0 Å². The number of ether oxygens (including phenoxy) is 1. The predicted molar refractivity (Wildman–Crippen MR) is 113 cm³/mol. The first-order valence-corrected chi connectivity index (χ1v) is 10.2. The molecule has 28 heavy (non-hydrogen) atoms. The van der Waals surface area contributed by atoms with Crippen LogP contribution in [-0.2, 0) is 10.3 Å². The fraction of sp³-hybridized carbons (Fsp3) is 0.435. The molecule has 2 aliphatic rings. The number of carbonyl (C=O) groups is 1. The van der Waals surface area contributed by atoms with E-state index in [0.29, 0.717) is 0 Å². The normalized spacial score (nSPS) is 23.6. The number of anilines is 2. The second-order valence-corrected chi connectivity index (χ2v) is 8.06. The molecule has 1 heterocycles. The van der Waals surface area contributed by atoms with Gasteiger partial charge in [0.1, 0.15) is 0 Å². The Bertz CT molecular complexity index is 810. The molecule has 0 radical (unpaired) electrons. The second kappa shape index (κ2) is 7.84. The van der Waals surface area contributed by atoms with E-state index >= 15 is 0 Å². The van der Waals surface area contributed by atoms with Crippen molar-refractivity contribution >= 4 is 17.4 Å². The maximum absolute atomic E-state index is 12.9. The quantitative estimate of drug-likeness (QED) is 0.822. The highest BCUT2D eigenvalue weighted by Crippen LogP contribution is 2.41. The lowest BCUT2D eigenvalue weighted by Crippen LogP contribution is -2.52. The van der Waals surface area contributed by atoms with Crippen LogP contribution in [0, 0.1) is 0 Å². The maximum Gasteiger partial charge on any atom is 0.319 e.